The maximum atomic E-state index is 13.3. The smallest absolute Gasteiger partial charge is 0.282 e. The lowest BCUT2D eigenvalue weighted by Gasteiger charge is -2.04. The van der Waals surface area contributed by atoms with E-state index in [1.54, 1.807) is 24.5 Å². The number of pyridine rings is 1. The number of H-pyrrole nitrogens is 1. The number of benzene rings is 1. The number of fused-ring (bicyclic) bond motifs is 3. The average Bonchev–Trinajstić information content (AvgIpc) is 3.30. The Hall–Kier alpha value is -3.45. The molecule has 0 aliphatic rings. The Morgan fingerprint density at radius 2 is 1.88 bits per heavy atom. The molecule has 0 amide bonds. The van der Waals surface area contributed by atoms with E-state index in [0.29, 0.717) is 10.5 Å². The number of halogens is 1. The van der Waals surface area contributed by atoms with E-state index < -0.39 is 0 Å². The van der Waals surface area contributed by atoms with Crippen LogP contribution in [0.4, 0.5) is 0 Å². The van der Waals surface area contributed by atoms with Crippen LogP contribution in [-0.2, 0) is 0 Å². The monoisotopic (exact) mass is 362 g/mol. The minimum atomic E-state index is -0.227. The molecule has 8 heteroatoms. The highest BCUT2D eigenvalue weighted by Gasteiger charge is 2.19. The van der Waals surface area contributed by atoms with Gasteiger partial charge in [-0.15, -0.1) is 5.10 Å². The van der Waals surface area contributed by atoms with Gasteiger partial charge in [0, 0.05) is 29.2 Å². The van der Waals surface area contributed by atoms with Crippen molar-refractivity contribution < 1.29 is 0 Å². The molecule has 0 spiro atoms. The molecule has 0 bridgehead atoms. The lowest BCUT2D eigenvalue weighted by atomic mass is 10.1. The summed E-state index contributed by atoms with van der Waals surface area (Å²) in [7, 11) is 0. The van der Waals surface area contributed by atoms with Crippen molar-refractivity contribution in [3.05, 3.63) is 76.7 Å². The van der Waals surface area contributed by atoms with Crippen molar-refractivity contribution in [2.24, 2.45) is 0 Å². The van der Waals surface area contributed by atoms with E-state index in [4.69, 9.17) is 11.6 Å². The first-order valence-corrected chi connectivity index (χ1v) is 8.24. The van der Waals surface area contributed by atoms with Crippen molar-refractivity contribution in [1.82, 2.24) is 29.1 Å². The van der Waals surface area contributed by atoms with Crippen LogP contribution in [0.5, 0.6) is 0 Å². The minimum absolute atomic E-state index is 0.227. The number of aromatic nitrogens is 6. The molecular weight excluding hydrogens is 352 g/mol. The zero-order valence-corrected chi connectivity index (χ0v) is 14.1. The summed E-state index contributed by atoms with van der Waals surface area (Å²) in [6.45, 7) is 0. The molecule has 0 atom stereocenters. The van der Waals surface area contributed by atoms with Gasteiger partial charge in [0.2, 0.25) is 0 Å². The normalized spacial score (nSPS) is 11.4. The molecule has 5 aromatic rings. The lowest BCUT2D eigenvalue weighted by Crippen LogP contribution is -2.20. The summed E-state index contributed by atoms with van der Waals surface area (Å²) in [6, 6.07) is 11.1. The Labute approximate surface area is 151 Å². The van der Waals surface area contributed by atoms with E-state index in [-0.39, 0.29) is 11.5 Å². The van der Waals surface area contributed by atoms with Gasteiger partial charge in [-0.1, -0.05) is 23.7 Å². The number of aromatic amines is 1. The largest absolute Gasteiger partial charge is 0.308 e. The molecule has 5 rings (SSSR count). The van der Waals surface area contributed by atoms with Crippen LogP contribution in [0.1, 0.15) is 0 Å². The number of nitrogens with zero attached hydrogens (tertiary/aromatic N) is 5. The second-order valence-corrected chi connectivity index (χ2v) is 6.18. The Morgan fingerprint density at radius 3 is 2.65 bits per heavy atom. The molecule has 0 radical (unpaired) electrons. The molecule has 0 saturated carbocycles. The highest BCUT2D eigenvalue weighted by Crippen LogP contribution is 2.33. The summed E-state index contributed by atoms with van der Waals surface area (Å²) >= 11 is 6.03. The van der Waals surface area contributed by atoms with Gasteiger partial charge in [-0.25, -0.2) is 4.57 Å². The fraction of sp³-hybridized carbons (Fsp3) is 0. The van der Waals surface area contributed by atoms with Gasteiger partial charge in [-0.2, -0.15) is 4.98 Å². The summed E-state index contributed by atoms with van der Waals surface area (Å²) in [5.41, 5.74) is 3.51. The van der Waals surface area contributed by atoms with Crippen molar-refractivity contribution in [1.29, 1.82) is 0 Å². The van der Waals surface area contributed by atoms with Crippen molar-refractivity contribution in [2.45, 2.75) is 0 Å². The fourth-order valence-corrected chi connectivity index (χ4v) is 3.31. The first-order valence-electron chi connectivity index (χ1n) is 7.86. The van der Waals surface area contributed by atoms with E-state index in [9.17, 15) is 4.79 Å². The number of hydrogen-bond donors (Lipinski definition) is 1. The van der Waals surface area contributed by atoms with Crippen molar-refractivity contribution in [2.75, 3.05) is 0 Å². The van der Waals surface area contributed by atoms with Crippen LogP contribution < -0.4 is 5.56 Å². The quantitative estimate of drug-likeness (QED) is 0.523. The fourth-order valence-electron chi connectivity index (χ4n) is 3.18. The predicted molar refractivity (Wildman–Crippen MR) is 98.7 cm³/mol. The summed E-state index contributed by atoms with van der Waals surface area (Å²) in [4.78, 5) is 21.8. The van der Waals surface area contributed by atoms with Gasteiger partial charge in [-0.3, -0.25) is 14.9 Å². The first-order chi connectivity index (χ1) is 12.7. The van der Waals surface area contributed by atoms with Gasteiger partial charge < -0.3 is 4.40 Å². The summed E-state index contributed by atoms with van der Waals surface area (Å²) in [6.07, 6.45) is 6.62. The van der Waals surface area contributed by atoms with E-state index >= 15 is 0 Å². The molecule has 26 heavy (non-hydrogen) atoms. The predicted octanol–water partition coefficient (Wildman–Crippen LogP) is 3.08. The SMILES string of the molecule is O=c1c2c(-c3ccc(Cl)cc3)c3ncccc3n2ccn1-c1nc[nH]n1. The first kappa shape index (κ1) is 14.9. The number of rotatable bonds is 2. The molecule has 0 aliphatic heterocycles. The summed E-state index contributed by atoms with van der Waals surface area (Å²) < 4.78 is 3.25. The van der Waals surface area contributed by atoms with Crippen LogP contribution >= 0.6 is 11.6 Å². The van der Waals surface area contributed by atoms with E-state index in [0.717, 1.165) is 22.2 Å². The Bertz CT molecular complexity index is 1300. The topological polar surface area (TPSA) is 80.9 Å². The summed E-state index contributed by atoms with van der Waals surface area (Å²) in [5.74, 6) is 0.290. The molecule has 0 fully saturated rings. The highest BCUT2D eigenvalue weighted by atomic mass is 35.5. The van der Waals surface area contributed by atoms with Gasteiger partial charge >= 0.3 is 0 Å². The number of nitrogens with one attached hydrogen (secondary N) is 1. The molecule has 7 nitrogen and oxygen atoms in total. The zero-order valence-electron chi connectivity index (χ0n) is 13.3. The molecule has 0 unspecified atom stereocenters. The molecule has 4 heterocycles. The van der Waals surface area contributed by atoms with E-state index in [2.05, 4.69) is 20.2 Å². The van der Waals surface area contributed by atoms with Crippen LogP contribution in [0.3, 0.4) is 0 Å². The van der Waals surface area contributed by atoms with Crippen LogP contribution in [0.2, 0.25) is 5.02 Å². The zero-order chi connectivity index (χ0) is 17.7. The molecule has 4 aromatic heterocycles. The third-order valence-corrected chi connectivity index (χ3v) is 4.55. The van der Waals surface area contributed by atoms with E-state index in [1.165, 1.54) is 10.9 Å². The maximum Gasteiger partial charge on any atom is 0.282 e. The molecule has 126 valence electrons. The van der Waals surface area contributed by atoms with Crippen LogP contribution in [0.25, 0.3) is 33.6 Å². The van der Waals surface area contributed by atoms with Crippen molar-refractivity contribution in [3.8, 4) is 17.1 Å². The standard InChI is InChI=1S/C18H11ClN6O/c19-12-5-3-11(4-6-12)14-15-13(2-1-7-20-15)24-8-9-25(17(26)16(14)24)18-21-10-22-23-18/h1-10H,(H,21,22,23). The van der Waals surface area contributed by atoms with Crippen LogP contribution in [-0.4, -0.2) is 29.1 Å². The lowest BCUT2D eigenvalue weighted by molar-refractivity contribution is 0.882. The molecular formula is C18H11ClN6O. The van der Waals surface area contributed by atoms with Crippen molar-refractivity contribution in [3.63, 3.8) is 0 Å². The van der Waals surface area contributed by atoms with Crippen LogP contribution in [0, 0.1) is 0 Å². The third-order valence-electron chi connectivity index (χ3n) is 4.30. The second kappa shape index (κ2) is 5.53. The highest BCUT2D eigenvalue weighted by molar-refractivity contribution is 6.30. The van der Waals surface area contributed by atoms with Gasteiger partial charge in [-0.05, 0) is 29.8 Å². The number of hydrogen-bond acceptors (Lipinski definition) is 4. The Balaban J connectivity index is 1.96. The maximum absolute atomic E-state index is 13.3. The molecule has 0 aliphatic carbocycles. The molecule has 1 aromatic carbocycles. The van der Waals surface area contributed by atoms with E-state index in [1.807, 2.05) is 34.9 Å². The second-order valence-electron chi connectivity index (χ2n) is 5.74. The Morgan fingerprint density at radius 1 is 1.04 bits per heavy atom. The van der Waals surface area contributed by atoms with Crippen molar-refractivity contribution >= 4 is 28.2 Å². The van der Waals surface area contributed by atoms with Gasteiger partial charge in [0.1, 0.15) is 11.8 Å². The van der Waals surface area contributed by atoms with Gasteiger partial charge in [0.15, 0.2) is 0 Å². The molecule has 1 N–H and O–H groups in total. The van der Waals surface area contributed by atoms with Gasteiger partial charge in [0.25, 0.3) is 11.5 Å². The van der Waals surface area contributed by atoms with Gasteiger partial charge in [0.05, 0.1) is 11.0 Å². The Kier molecular flexibility index (Phi) is 3.16. The molecule has 0 saturated heterocycles. The average molecular weight is 363 g/mol. The summed E-state index contributed by atoms with van der Waals surface area (Å²) in [5, 5.41) is 7.27. The third kappa shape index (κ3) is 2.07. The minimum Gasteiger partial charge on any atom is -0.308 e. The van der Waals surface area contributed by atoms with Crippen LogP contribution in [0.15, 0.2) is 66.1 Å².